The monoisotopic (exact) mass is 480 g/mol. The zero-order valence-corrected chi connectivity index (χ0v) is 19.1. The first-order valence-corrected chi connectivity index (χ1v) is 12.5. The van der Waals surface area contributed by atoms with Gasteiger partial charge in [-0.3, -0.25) is 15.1 Å². The molecule has 2 aliphatic rings. The summed E-state index contributed by atoms with van der Waals surface area (Å²) in [7, 11) is -4.07. The molecule has 0 aliphatic carbocycles. The van der Waals surface area contributed by atoms with Gasteiger partial charge in [-0.15, -0.1) is 0 Å². The number of urea groups is 1. The summed E-state index contributed by atoms with van der Waals surface area (Å²) in [5, 5.41) is 6.93. The quantitative estimate of drug-likeness (QED) is 0.410. The van der Waals surface area contributed by atoms with Crippen LogP contribution in [0, 0.1) is 0 Å². The van der Waals surface area contributed by atoms with E-state index < -0.39 is 16.2 Å². The Bertz CT molecular complexity index is 1330. The lowest BCUT2D eigenvalue weighted by Gasteiger charge is -2.34. The number of carbonyl (C=O) groups is 2. The number of rotatable bonds is 6. The van der Waals surface area contributed by atoms with Gasteiger partial charge in [-0.05, 0) is 55.8 Å². The van der Waals surface area contributed by atoms with Gasteiger partial charge < -0.3 is 14.4 Å². The van der Waals surface area contributed by atoms with E-state index in [1.807, 2.05) is 0 Å². The van der Waals surface area contributed by atoms with Gasteiger partial charge in [-0.1, -0.05) is 24.3 Å². The predicted molar refractivity (Wildman–Crippen MR) is 125 cm³/mol. The van der Waals surface area contributed by atoms with Gasteiger partial charge >= 0.3 is 16.1 Å². The molecule has 3 aromatic rings. The van der Waals surface area contributed by atoms with Gasteiger partial charge in [0.25, 0.3) is 5.91 Å². The molecule has 0 spiro atoms. The number of aromatic nitrogens is 1. The molecule has 2 aliphatic heterocycles. The summed E-state index contributed by atoms with van der Waals surface area (Å²) in [6.07, 6.45) is 5.07. The Hall–Kier alpha value is -3.50. The lowest BCUT2D eigenvalue weighted by Crippen LogP contribution is -2.48. The molecule has 10 heteroatoms. The molecule has 34 heavy (non-hydrogen) atoms. The van der Waals surface area contributed by atoms with Crippen LogP contribution in [-0.2, 0) is 21.3 Å². The van der Waals surface area contributed by atoms with Gasteiger partial charge in [-0.25, -0.2) is 4.79 Å². The van der Waals surface area contributed by atoms with Crippen molar-refractivity contribution in [2.45, 2.75) is 36.2 Å². The highest BCUT2D eigenvalue weighted by atomic mass is 32.2. The third kappa shape index (κ3) is 4.34. The number of benzene rings is 2. The van der Waals surface area contributed by atoms with Gasteiger partial charge in [0.2, 0.25) is 0 Å². The van der Waals surface area contributed by atoms with Gasteiger partial charge in [0, 0.05) is 35.6 Å². The first-order valence-electron chi connectivity index (χ1n) is 11.1. The van der Waals surface area contributed by atoms with Crippen LogP contribution in [0.3, 0.4) is 0 Å². The Morgan fingerprint density at radius 1 is 1.03 bits per heavy atom. The molecule has 3 heterocycles. The minimum Gasteiger partial charge on any atom is -0.379 e. The van der Waals surface area contributed by atoms with Crippen LogP contribution in [0.25, 0.3) is 10.8 Å². The Labute approximate surface area is 197 Å². The molecular formula is C24H24N4O5S. The predicted octanol–water partition coefficient (Wildman–Crippen LogP) is 2.22. The fraction of sp³-hybridized carbons (Fsp3) is 0.292. The van der Waals surface area contributed by atoms with E-state index in [0.717, 1.165) is 31.5 Å². The first-order chi connectivity index (χ1) is 16.4. The van der Waals surface area contributed by atoms with Gasteiger partial charge in [0.15, 0.2) is 0 Å². The molecule has 0 saturated carbocycles. The highest BCUT2D eigenvalue weighted by molar-refractivity contribution is 7.87. The number of carbonyl (C=O) groups excluding carboxylic acids is 2. The van der Waals surface area contributed by atoms with E-state index in [9.17, 15) is 18.0 Å². The number of hydrogen-bond acceptors (Lipinski definition) is 7. The molecular weight excluding hydrogens is 456 g/mol. The van der Waals surface area contributed by atoms with Crippen molar-refractivity contribution in [3.8, 4) is 5.75 Å². The number of nitrogens with one attached hydrogen (secondary N) is 2. The minimum absolute atomic E-state index is 0.0151. The van der Waals surface area contributed by atoms with Crippen LogP contribution >= 0.6 is 0 Å². The Balaban J connectivity index is 1.32. The minimum atomic E-state index is -4.07. The highest BCUT2D eigenvalue weighted by Gasteiger charge is 2.42. The second-order valence-corrected chi connectivity index (χ2v) is 9.95. The molecule has 2 N–H and O–H groups in total. The maximum absolute atomic E-state index is 12.9. The summed E-state index contributed by atoms with van der Waals surface area (Å²) in [5.74, 6) is -0.145. The van der Waals surface area contributed by atoms with Crippen molar-refractivity contribution in [3.63, 3.8) is 0 Å². The van der Waals surface area contributed by atoms with Crippen LogP contribution < -0.4 is 14.8 Å². The van der Waals surface area contributed by atoms with Crippen LogP contribution in [0.5, 0.6) is 5.75 Å². The average molecular weight is 481 g/mol. The molecule has 9 nitrogen and oxygen atoms in total. The van der Waals surface area contributed by atoms with Crippen LogP contribution in [0.1, 0.15) is 18.4 Å². The number of nitrogens with zero attached hydrogens (tertiary/aromatic N) is 2. The standard InChI is InChI=1S/C24H24N4O5S/c29-23-21(28(24(30)27-23)18-8-11-25-12-9-18)14-16-4-6-19(7-5-16)33-34(31,32)22-3-1-2-17-15-26-13-10-20(17)22/h1-7,10,13,15,18,21,25H,8-9,11-12,14H2,(H,27,29,30). The third-order valence-electron chi connectivity index (χ3n) is 6.27. The topological polar surface area (TPSA) is 118 Å². The zero-order valence-electron chi connectivity index (χ0n) is 18.3. The second kappa shape index (κ2) is 9.03. The van der Waals surface area contributed by atoms with Gasteiger partial charge in [0.1, 0.15) is 16.7 Å². The maximum atomic E-state index is 12.9. The van der Waals surface area contributed by atoms with Crippen molar-refractivity contribution in [2.24, 2.45) is 0 Å². The maximum Gasteiger partial charge on any atom is 0.339 e. The molecule has 1 aromatic heterocycles. The van der Waals surface area contributed by atoms with Crippen molar-refractivity contribution in [3.05, 3.63) is 66.5 Å². The third-order valence-corrected chi connectivity index (χ3v) is 7.58. The van der Waals surface area contributed by atoms with Crippen molar-refractivity contribution >= 4 is 32.8 Å². The van der Waals surface area contributed by atoms with Crippen LogP contribution in [0.2, 0.25) is 0 Å². The average Bonchev–Trinajstić information content (AvgIpc) is 3.12. The molecule has 176 valence electrons. The van der Waals surface area contributed by atoms with Crippen LogP contribution in [0.15, 0.2) is 65.8 Å². The smallest absolute Gasteiger partial charge is 0.339 e. The molecule has 0 bridgehead atoms. The van der Waals surface area contributed by atoms with Gasteiger partial charge in [-0.2, -0.15) is 8.42 Å². The Morgan fingerprint density at radius 2 is 1.79 bits per heavy atom. The Kier molecular flexibility index (Phi) is 5.93. The van der Waals surface area contributed by atoms with E-state index in [1.54, 1.807) is 53.6 Å². The van der Waals surface area contributed by atoms with Crippen molar-refractivity contribution < 1.29 is 22.2 Å². The molecule has 2 aromatic carbocycles. The summed E-state index contributed by atoms with van der Waals surface area (Å²) in [4.78, 5) is 30.6. The molecule has 2 fully saturated rings. The SMILES string of the molecule is O=C1NC(=O)N(C2CCNCC2)C1Cc1ccc(OS(=O)(=O)c2cccc3cnccc23)cc1. The molecule has 1 atom stereocenters. The number of hydrogen-bond donors (Lipinski definition) is 2. The van der Waals surface area contributed by atoms with Crippen molar-refractivity contribution in [2.75, 3.05) is 13.1 Å². The van der Waals surface area contributed by atoms with Gasteiger partial charge in [0.05, 0.1) is 0 Å². The summed E-state index contributed by atoms with van der Waals surface area (Å²) in [6, 6.07) is 12.2. The molecule has 2 saturated heterocycles. The first kappa shape index (κ1) is 22.3. The van der Waals surface area contributed by atoms with Crippen LogP contribution in [0.4, 0.5) is 4.79 Å². The summed E-state index contributed by atoms with van der Waals surface area (Å²) in [6.45, 7) is 1.62. The zero-order chi connectivity index (χ0) is 23.7. The summed E-state index contributed by atoms with van der Waals surface area (Å²) in [5.41, 5.74) is 0.801. The van der Waals surface area contributed by atoms with E-state index in [0.29, 0.717) is 17.2 Å². The Morgan fingerprint density at radius 3 is 2.56 bits per heavy atom. The molecule has 3 amide bonds. The summed E-state index contributed by atoms with van der Waals surface area (Å²) < 4.78 is 31.2. The fourth-order valence-electron chi connectivity index (χ4n) is 4.60. The van der Waals surface area contributed by atoms with E-state index in [4.69, 9.17) is 4.18 Å². The highest BCUT2D eigenvalue weighted by Crippen LogP contribution is 2.27. The fourth-order valence-corrected chi connectivity index (χ4v) is 5.76. The molecule has 5 rings (SSSR count). The van der Waals surface area contributed by atoms with Crippen LogP contribution in [-0.4, -0.2) is 55.4 Å². The number of amides is 3. The number of fused-ring (bicyclic) bond motifs is 1. The van der Waals surface area contributed by atoms with Crippen molar-refractivity contribution in [1.29, 1.82) is 0 Å². The normalized spacial score (nSPS) is 19.4. The molecule has 0 radical (unpaired) electrons. The van der Waals surface area contributed by atoms with E-state index in [2.05, 4.69) is 15.6 Å². The van der Waals surface area contributed by atoms with E-state index >= 15 is 0 Å². The number of piperidine rings is 1. The number of pyridine rings is 1. The second-order valence-electron chi connectivity index (χ2n) is 8.44. The lowest BCUT2D eigenvalue weighted by atomic mass is 10.00. The molecule has 1 unspecified atom stereocenters. The van der Waals surface area contributed by atoms with E-state index in [-0.39, 0.29) is 28.6 Å². The summed E-state index contributed by atoms with van der Waals surface area (Å²) >= 11 is 0. The number of imide groups is 1. The van der Waals surface area contributed by atoms with Crippen molar-refractivity contribution in [1.82, 2.24) is 20.5 Å². The lowest BCUT2D eigenvalue weighted by molar-refractivity contribution is -0.121. The van der Waals surface area contributed by atoms with E-state index in [1.165, 1.54) is 12.3 Å². The largest absolute Gasteiger partial charge is 0.379 e.